The van der Waals surface area contributed by atoms with Crippen LogP contribution in [0, 0.1) is 6.57 Å². The van der Waals surface area contributed by atoms with Gasteiger partial charge >= 0.3 is 6.61 Å². The Bertz CT molecular complexity index is 1850. The Morgan fingerprint density at radius 2 is 1.98 bits per heavy atom. The Morgan fingerprint density at radius 3 is 2.67 bits per heavy atom. The van der Waals surface area contributed by atoms with Gasteiger partial charge in [0.2, 0.25) is 5.54 Å². The molecule has 11 heteroatoms. The van der Waals surface area contributed by atoms with Crippen LogP contribution in [-0.2, 0) is 5.60 Å². The third-order valence-electron chi connectivity index (χ3n) is 8.17. The van der Waals surface area contributed by atoms with Crippen LogP contribution in [0.25, 0.3) is 27.0 Å². The third-order valence-corrected chi connectivity index (χ3v) is 8.17. The Morgan fingerprint density at radius 1 is 1.20 bits per heavy atom. The van der Waals surface area contributed by atoms with Gasteiger partial charge in [0.05, 0.1) is 36.0 Å². The minimum absolute atomic E-state index is 0.0161. The number of alkyl halides is 2. The molecule has 1 N–H and O–H groups in total. The summed E-state index contributed by atoms with van der Waals surface area (Å²) in [4.78, 5) is 31.5. The molecule has 1 amide bonds. The summed E-state index contributed by atoms with van der Waals surface area (Å²) in [7, 11) is 0. The van der Waals surface area contributed by atoms with Crippen molar-refractivity contribution in [2.24, 2.45) is 0 Å². The van der Waals surface area contributed by atoms with Crippen LogP contribution in [0.1, 0.15) is 70.0 Å². The molecule has 7 rings (SSSR count). The van der Waals surface area contributed by atoms with E-state index in [-0.39, 0.29) is 42.0 Å². The first kappa shape index (κ1) is 21.4. The molecule has 2 atom stereocenters. The molecule has 2 aliphatic heterocycles. The minimum Gasteiger partial charge on any atom is -0.434 e. The number of carbonyl (C=O) groups is 1. The fourth-order valence-corrected chi connectivity index (χ4v) is 6.45. The van der Waals surface area contributed by atoms with E-state index in [4.69, 9.17) is 20.4 Å². The zero-order valence-electron chi connectivity index (χ0n) is 24.2. The molecule has 0 radical (unpaired) electrons. The summed E-state index contributed by atoms with van der Waals surface area (Å²) in [5.41, 5.74) is 0.735. The third kappa shape index (κ3) is 3.45. The highest BCUT2D eigenvalue weighted by atomic mass is 19.3. The van der Waals surface area contributed by atoms with Gasteiger partial charge in [-0.2, -0.15) is 8.78 Å². The van der Waals surface area contributed by atoms with Crippen LogP contribution in [0.3, 0.4) is 0 Å². The van der Waals surface area contributed by atoms with E-state index in [1.54, 1.807) is 36.0 Å². The van der Waals surface area contributed by atoms with Crippen LogP contribution < -0.4 is 4.74 Å². The maximum absolute atomic E-state index is 13.6. The lowest BCUT2D eigenvalue weighted by Crippen LogP contribution is -2.51. The van der Waals surface area contributed by atoms with E-state index in [1.165, 1.54) is 18.2 Å². The summed E-state index contributed by atoms with van der Waals surface area (Å²) < 4.78 is 58.0. The van der Waals surface area contributed by atoms with Crippen molar-refractivity contribution in [2.45, 2.75) is 56.0 Å². The van der Waals surface area contributed by atoms with Gasteiger partial charge in [-0.3, -0.25) is 4.79 Å². The van der Waals surface area contributed by atoms with Gasteiger partial charge in [0.15, 0.2) is 5.82 Å². The molecule has 2 aromatic heterocycles. The average molecular weight is 546 g/mol. The summed E-state index contributed by atoms with van der Waals surface area (Å²) in [5, 5.41) is 10.9. The fraction of sp³-hybridized carbons (Fsp3) is 0.345. The lowest BCUT2D eigenvalue weighted by Gasteiger charge is -2.41. The average Bonchev–Trinajstić information content (AvgIpc) is 3.44. The van der Waals surface area contributed by atoms with E-state index < -0.39 is 42.7 Å². The van der Waals surface area contributed by atoms with Crippen LogP contribution in [0.15, 0.2) is 48.8 Å². The number of imidazole rings is 1. The van der Waals surface area contributed by atoms with Crippen LogP contribution in [-0.4, -0.2) is 54.6 Å². The predicted molar refractivity (Wildman–Crippen MR) is 140 cm³/mol. The number of benzene rings is 2. The van der Waals surface area contributed by atoms with E-state index in [1.807, 2.05) is 6.07 Å². The van der Waals surface area contributed by atoms with Gasteiger partial charge in [0.25, 0.3) is 5.91 Å². The van der Waals surface area contributed by atoms with Crippen molar-refractivity contribution in [3.05, 3.63) is 83.0 Å². The predicted octanol–water partition coefficient (Wildman–Crippen LogP) is 4.87. The number of aromatic nitrogens is 4. The topological polar surface area (TPSA) is 97.7 Å². The molecule has 4 heterocycles. The van der Waals surface area contributed by atoms with Gasteiger partial charge in [-0.15, -0.1) is 0 Å². The van der Waals surface area contributed by atoms with Gasteiger partial charge in [0, 0.05) is 53.5 Å². The molecule has 3 aliphatic rings. The zero-order chi connectivity index (χ0) is 30.5. The van der Waals surface area contributed by atoms with Crippen molar-refractivity contribution in [3.8, 4) is 16.9 Å². The number of rotatable bonds is 4. The van der Waals surface area contributed by atoms with Crippen molar-refractivity contribution < 1.29 is 27.5 Å². The Kier molecular flexibility index (Phi) is 4.43. The van der Waals surface area contributed by atoms with E-state index in [0.717, 1.165) is 4.90 Å². The Balaban J connectivity index is 1.34. The Labute approximate surface area is 232 Å². The normalized spacial score (nSPS) is 28.1. The number of nitrogens with zero attached hydrogens (tertiary/aromatic N) is 6. The smallest absolute Gasteiger partial charge is 0.387 e. The fourth-order valence-electron chi connectivity index (χ4n) is 6.45. The molecule has 9 nitrogen and oxygen atoms in total. The van der Waals surface area contributed by atoms with Crippen molar-refractivity contribution in [2.75, 3.05) is 6.98 Å². The minimum atomic E-state index is -3.15. The highest BCUT2D eigenvalue weighted by molar-refractivity contribution is 5.98. The van der Waals surface area contributed by atoms with Crippen molar-refractivity contribution in [3.63, 3.8) is 0 Å². The van der Waals surface area contributed by atoms with E-state index >= 15 is 0 Å². The van der Waals surface area contributed by atoms with E-state index in [0.29, 0.717) is 28.0 Å². The first-order valence-corrected chi connectivity index (χ1v) is 12.7. The number of hydrogen-bond donors (Lipinski definition) is 1. The molecule has 0 saturated heterocycles. The second kappa shape index (κ2) is 8.29. The molecular weight excluding hydrogens is 518 g/mol. The second-order valence-corrected chi connectivity index (χ2v) is 10.9. The molecule has 1 saturated carbocycles. The van der Waals surface area contributed by atoms with Crippen molar-refractivity contribution >= 4 is 16.9 Å². The maximum Gasteiger partial charge on any atom is 0.387 e. The summed E-state index contributed by atoms with van der Waals surface area (Å²) >= 11 is 0. The van der Waals surface area contributed by atoms with Crippen LogP contribution >= 0.6 is 0 Å². The number of halogens is 2. The standard InChI is InChI=1S/C29H24F2N6O3/c1-28(32-2)13-29(39,14-28)26-33-11-16(12-34-26)15-7-8-18-19(9-15)37-20-10-21(24(37)35-18)36(3)25(38)17-5-4-6-22(23(17)20)40-27(30)31/h4-9,11-12,20-21,27,39H,10,13-14H2,1,3H3/t20-,21-,28?,29?/m1/s1/i3D3. The molecule has 0 unspecified atom stereocenters. The number of aliphatic hydroxyl groups is 1. The Hall–Kier alpha value is -4.43. The molecular formula is C29H24F2N6O3. The summed E-state index contributed by atoms with van der Waals surface area (Å²) in [6.45, 7) is 3.13. The number of fused-ring (bicyclic) bond motifs is 9. The second-order valence-electron chi connectivity index (χ2n) is 10.9. The molecule has 1 aliphatic carbocycles. The molecule has 2 bridgehead atoms. The number of carbonyl (C=O) groups excluding carboxylic acids is 1. The van der Waals surface area contributed by atoms with Gasteiger partial charge < -0.3 is 24.2 Å². The van der Waals surface area contributed by atoms with Gasteiger partial charge in [-0.05, 0) is 29.8 Å². The lowest BCUT2D eigenvalue weighted by atomic mass is 9.66. The van der Waals surface area contributed by atoms with Crippen LogP contribution in [0.5, 0.6) is 5.75 Å². The van der Waals surface area contributed by atoms with Crippen molar-refractivity contribution in [1.82, 2.24) is 24.4 Å². The van der Waals surface area contributed by atoms with Crippen LogP contribution in [0.4, 0.5) is 8.78 Å². The largest absolute Gasteiger partial charge is 0.434 e. The summed E-state index contributed by atoms with van der Waals surface area (Å²) in [6.07, 6.45) is 3.77. The first-order chi connectivity index (χ1) is 20.3. The number of ether oxygens (including phenoxy) is 1. The molecule has 40 heavy (non-hydrogen) atoms. The molecule has 2 aromatic carbocycles. The van der Waals surface area contributed by atoms with Crippen LogP contribution in [0.2, 0.25) is 0 Å². The maximum atomic E-state index is 13.6. The van der Waals surface area contributed by atoms with Crippen molar-refractivity contribution in [1.29, 1.82) is 0 Å². The quantitative estimate of drug-likeness (QED) is 0.368. The first-order valence-electron chi connectivity index (χ1n) is 14.2. The molecule has 0 spiro atoms. The number of hydrogen-bond acceptors (Lipinski definition) is 6. The highest BCUT2D eigenvalue weighted by Gasteiger charge is 2.59. The highest BCUT2D eigenvalue weighted by Crippen LogP contribution is 2.51. The zero-order valence-corrected chi connectivity index (χ0v) is 21.2. The molecule has 4 aromatic rings. The van der Waals surface area contributed by atoms with Gasteiger partial charge in [-0.1, -0.05) is 12.1 Å². The lowest BCUT2D eigenvalue weighted by molar-refractivity contribution is -0.0809. The summed E-state index contributed by atoms with van der Waals surface area (Å²) in [5.74, 6) is -0.425. The monoisotopic (exact) mass is 545 g/mol. The summed E-state index contributed by atoms with van der Waals surface area (Å²) in [6, 6.07) is 7.90. The van der Waals surface area contributed by atoms with E-state index in [2.05, 4.69) is 14.8 Å². The number of amides is 1. The van der Waals surface area contributed by atoms with Gasteiger partial charge in [0.1, 0.15) is 17.2 Å². The SMILES string of the molecule is [2H]C([2H])([2H])N1C(=O)c2cccc(OC(F)F)c2[C@H]2C[C@@H]1c1nc3ccc(-c4cnc(C5(O)CC(C)([N+]#[C-])C5)nc4)cc3n12. The van der Waals surface area contributed by atoms with Gasteiger partial charge in [-0.25, -0.2) is 21.5 Å². The molecule has 202 valence electrons. The molecule has 1 fully saturated rings. The van der Waals surface area contributed by atoms with E-state index in [9.17, 15) is 18.7 Å².